The predicted octanol–water partition coefficient (Wildman–Crippen LogP) is 1.93. The number of aromatic amines is 1. The van der Waals surface area contributed by atoms with E-state index in [4.69, 9.17) is 18.5 Å². The second kappa shape index (κ2) is 13.1. The van der Waals surface area contributed by atoms with Gasteiger partial charge in [0.25, 0.3) is 5.56 Å². The van der Waals surface area contributed by atoms with E-state index in [2.05, 4.69) is 10.1 Å². The molecular weight excluding hydrogens is 465 g/mol. The first-order chi connectivity index (χ1) is 16.1. The van der Waals surface area contributed by atoms with E-state index in [0.29, 0.717) is 5.75 Å². The van der Waals surface area contributed by atoms with Gasteiger partial charge in [-0.1, -0.05) is 18.2 Å². The zero-order valence-corrected chi connectivity index (χ0v) is 20.6. The van der Waals surface area contributed by atoms with Crippen LogP contribution < -0.4 is 20.9 Å². The van der Waals surface area contributed by atoms with Gasteiger partial charge >= 0.3 is 20.2 Å². The van der Waals surface area contributed by atoms with Crippen molar-refractivity contribution in [2.45, 2.75) is 52.0 Å². The van der Waals surface area contributed by atoms with Gasteiger partial charge in [0, 0.05) is 19.4 Å². The number of ketones is 1. The van der Waals surface area contributed by atoms with E-state index >= 15 is 0 Å². The summed E-state index contributed by atoms with van der Waals surface area (Å²) >= 11 is 0. The second-order valence-corrected chi connectivity index (χ2v) is 8.83. The molecule has 0 saturated heterocycles. The van der Waals surface area contributed by atoms with Crippen molar-refractivity contribution in [2.24, 2.45) is 0 Å². The standard InChI is InChI=1S/C22H30N3O8P/c1-14(2)32-21(28)15(3)24-34(33-17-9-7-6-8-10-17)31-13-18(30-5)20(27)16(4)25-12-11-19(26)23-22(25)29/h6-12,14-16,18,24H,13H2,1-5H3,(H,23,26,29)/t15-,16-,18+,34?/m0/s1. The fourth-order valence-electron chi connectivity index (χ4n) is 2.75. The Kier molecular flexibility index (Phi) is 10.6. The minimum absolute atomic E-state index is 0.213. The number of carbonyl (C=O) groups is 2. The highest BCUT2D eigenvalue weighted by molar-refractivity contribution is 7.45. The summed E-state index contributed by atoms with van der Waals surface area (Å²) in [6.07, 6.45) is -0.0862. The molecule has 11 nitrogen and oxygen atoms in total. The molecule has 34 heavy (non-hydrogen) atoms. The smallest absolute Gasteiger partial charge is 0.328 e. The van der Waals surface area contributed by atoms with Crippen molar-refractivity contribution >= 4 is 20.3 Å². The second-order valence-electron chi connectivity index (χ2n) is 7.61. The van der Waals surface area contributed by atoms with Crippen molar-refractivity contribution in [1.82, 2.24) is 14.6 Å². The minimum atomic E-state index is -1.88. The van der Waals surface area contributed by atoms with E-state index in [1.807, 2.05) is 6.07 Å². The first kappa shape index (κ1) is 27.4. The van der Waals surface area contributed by atoms with Crippen LogP contribution in [0.3, 0.4) is 0 Å². The summed E-state index contributed by atoms with van der Waals surface area (Å²) in [6, 6.07) is 8.32. The number of nitrogens with one attached hydrogen (secondary N) is 2. The quantitative estimate of drug-likeness (QED) is 0.315. The van der Waals surface area contributed by atoms with Crippen LogP contribution in [0.25, 0.3) is 0 Å². The molecule has 1 aromatic carbocycles. The predicted molar refractivity (Wildman–Crippen MR) is 126 cm³/mol. The summed E-state index contributed by atoms with van der Waals surface area (Å²) in [6.45, 7) is 6.40. The molecular formula is C22H30N3O8P. The number of hydrogen-bond donors (Lipinski definition) is 2. The van der Waals surface area contributed by atoms with Gasteiger partial charge in [-0.2, -0.15) is 0 Å². The van der Waals surface area contributed by atoms with Gasteiger partial charge in [-0.3, -0.25) is 23.9 Å². The van der Waals surface area contributed by atoms with Gasteiger partial charge in [-0.25, -0.2) is 9.88 Å². The molecule has 0 aliphatic carbocycles. The number of rotatable bonds is 13. The number of ether oxygens (including phenoxy) is 2. The summed E-state index contributed by atoms with van der Waals surface area (Å²) < 4.78 is 23.3. The number of benzene rings is 1. The Labute approximate surface area is 198 Å². The molecule has 2 rings (SSSR count). The maximum Gasteiger partial charge on any atom is 0.328 e. The lowest BCUT2D eigenvalue weighted by atomic mass is 10.1. The first-order valence-electron chi connectivity index (χ1n) is 10.6. The van der Waals surface area contributed by atoms with Gasteiger partial charge in [-0.05, 0) is 39.8 Å². The summed E-state index contributed by atoms with van der Waals surface area (Å²) in [5.74, 6) is -0.425. The first-order valence-corrected chi connectivity index (χ1v) is 11.8. The van der Waals surface area contributed by atoms with Crippen molar-refractivity contribution in [3.8, 4) is 5.75 Å². The van der Waals surface area contributed by atoms with Crippen molar-refractivity contribution < 1.29 is 28.1 Å². The Balaban J connectivity index is 2.11. The molecule has 12 heteroatoms. The van der Waals surface area contributed by atoms with Gasteiger partial charge in [0.05, 0.1) is 18.8 Å². The number of esters is 1. The third-order valence-corrected chi connectivity index (χ3v) is 5.92. The molecule has 0 radical (unpaired) electrons. The van der Waals surface area contributed by atoms with Crippen LogP contribution in [-0.2, 0) is 23.6 Å². The van der Waals surface area contributed by atoms with Crippen molar-refractivity contribution in [1.29, 1.82) is 0 Å². The molecule has 0 saturated carbocycles. The number of aromatic nitrogens is 2. The normalized spacial score (nSPS) is 14.8. The number of H-pyrrole nitrogens is 1. The van der Waals surface area contributed by atoms with Crippen LogP contribution in [0.4, 0.5) is 0 Å². The Morgan fingerprint density at radius 3 is 2.35 bits per heavy atom. The monoisotopic (exact) mass is 495 g/mol. The molecule has 1 heterocycles. The highest BCUT2D eigenvalue weighted by Crippen LogP contribution is 2.36. The summed E-state index contributed by atoms with van der Waals surface area (Å²) in [7, 11) is -0.542. The maximum absolute atomic E-state index is 12.9. The molecule has 0 spiro atoms. The molecule has 0 amide bonds. The number of nitrogens with zero attached hydrogens (tertiary/aromatic N) is 1. The molecule has 0 bridgehead atoms. The topological polar surface area (TPSA) is 138 Å². The zero-order valence-electron chi connectivity index (χ0n) is 19.7. The Morgan fingerprint density at radius 2 is 1.76 bits per heavy atom. The maximum atomic E-state index is 12.9. The molecule has 1 aromatic heterocycles. The average molecular weight is 495 g/mol. The fraction of sp³-hybridized carbons (Fsp3) is 0.455. The lowest BCUT2D eigenvalue weighted by Gasteiger charge is -2.25. The third-order valence-electron chi connectivity index (χ3n) is 4.56. The van der Waals surface area contributed by atoms with Gasteiger partial charge < -0.3 is 18.5 Å². The van der Waals surface area contributed by atoms with E-state index in [-0.39, 0.29) is 12.7 Å². The van der Waals surface area contributed by atoms with Crippen LogP contribution in [0, 0.1) is 0 Å². The molecule has 0 fully saturated rings. The Hall–Kier alpha value is -2.85. The highest BCUT2D eigenvalue weighted by Gasteiger charge is 2.29. The van der Waals surface area contributed by atoms with E-state index in [1.165, 1.54) is 20.2 Å². The van der Waals surface area contributed by atoms with Crippen LogP contribution in [0.2, 0.25) is 0 Å². The number of para-hydroxylation sites is 1. The molecule has 186 valence electrons. The molecule has 2 N–H and O–H groups in total. The van der Waals surface area contributed by atoms with E-state index < -0.39 is 49.7 Å². The van der Waals surface area contributed by atoms with E-state index in [1.54, 1.807) is 45.0 Å². The third kappa shape index (κ3) is 8.18. The van der Waals surface area contributed by atoms with Crippen LogP contribution in [-0.4, -0.2) is 53.3 Å². The largest absolute Gasteiger partial charge is 0.462 e. The molecule has 2 aromatic rings. The van der Waals surface area contributed by atoms with Crippen molar-refractivity contribution in [3.05, 3.63) is 63.4 Å². The zero-order chi connectivity index (χ0) is 25.3. The fourth-order valence-corrected chi connectivity index (χ4v) is 3.94. The van der Waals surface area contributed by atoms with Gasteiger partial charge in [0.15, 0.2) is 5.78 Å². The minimum Gasteiger partial charge on any atom is -0.462 e. The van der Waals surface area contributed by atoms with Crippen molar-refractivity contribution in [3.63, 3.8) is 0 Å². The van der Waals surface area contributed by atoms with Gasteiger partial charge in [-0.15, -0.1) is 0 Å². The van der Waals surface area contributed by atoms with Crippen LogP contribution >= 0.6 is 8.53 Å². The summed E-state index contributed by atoms with van der Waals surface area (Å²) in [5, 5.41) is 2.95. The average Bonchev–Trinajstić information content (AvgIpc) is 2.79. The molecule has 1 unspecified atom stereocenters. The Morgan fingerprint density at radius 1 is 1.09 bits per heavy atom. The SMILES string of the molecule is CO[C@H](COP(N[C@@H](C)C(=O)OC(C)C)Oc1ccccc1)C(=O)[C@H](C)n1ccc(=O)[nH]c1=O. The van der Waals surface area contributed by atoms with Crippen LogP contribution in [0.1, 0.15) is 33.7 Å². The molecule has 0 aliphatic heterocycles. The van der Waals surface area contributed by atoms with Gasteiger partial charge in [0.1, 0.15) is 17.9 Å². The van der Waals surface area contributed by atoms with Crippen LogP contribution in [0.15, 0.2) is 52.2 Å². The molecule has 4 atom stereocenters. The van der Waals surface area contributed by atoms with E-state index in [9.17, 15) is 19.2 Å². The highest BCUT2D eigenvalue weighted by atomic mass is 31.2. The number of Topliss-reactive ketones (excluding diaryl/α,β-unsaturated/α-hetero) is 1. The number of hydrogen-bond acceptors (Lipinski definition) is 9. The van der Waals surface area contributed by atoms with E-state index in [0.717, 1.165) is 10.6 Å². The lowest BCUT2D eigenvalue weighted by Crippen LogP contribution is -2.40. The number of carbonyl (C=O) groups excluding carboxylic acids is 2. The summed E-state index contributed by atoms with van der Waals surface area (Å²) in [5.41, 5.74) is -1.27. The Bertz CT molecular complexity index is 1060. The van der Waals surface area contributed by atoms with Crippen LogP contribution in [0.5, 0.6) is 5.75 Å². The number of methoxy groups -OCH3 is 1. The lowest BCUT2D eigenvalue weighted by molar-refractivity contribution is -0.149. The van der Waals surface area contributed by atoms with Crippen molar-refractivity contribution in [2.75, 3.05) is 13.7 Å². The summed E-state index contributed by atoms with van der Waals surface area (Å²) in [4.78, 5) is 50.6. The molecule has 0 aliphatic rings. The van der Waals surface area contributed by atoms with Gasteiger partial charge in [0.2, 0.25) is 0 Å².